The van der Waals surface area contributed by atoms with Gasteiger partial charge in [-0.25, -0.2) is 0 Å². The van der Waals surface area contributed by atoms with Crippen molar-refractivity contribution in [1.82, 2.24) is 5.32 Å². The van der Waals surface area contributed by atoms with Crippen LogP contribution < -0.4 is 5.32 Å². The molecule has 0 spiro atoms. The lowest BCUT2D eigenvalue weighted by Gasteiger charge is -2.60. The molecule has 0 heterocycles. The van der Waals surface area contributed by atoms with Crippen LogP contribution in [0.15, 0.2) is 30.3 Å². The molecule has 4 aliphatic rings. The summed E-state index contributed by atoms with van der Waals surface area (Å²) in [5.41, 5.74) is 1.57. The maximum atomic E-state index is 12.6. The fraction of sp³-hybridized carbons (Fsp3) is 0.667. The lowest BCUT2D eigenvalue weighted by molar-refractivity contribution is -0.128. The molecule has 4 aliphatic carbocycles. The molecule has 2 nitrogen and oxygen atoms in total. The van der Waals surface area contributed by atoms with Crippen LogP contribution in [0.25, 0.3) is 0 Å². The zero-order chi connectivity index (χ0) is 16.8. The van der Waals surface area contributed by atoms with Gasteiger partial charge >= 0.3 is 0 Å². The van der Waals surface area contributed by atoms with Crippen LogP contribution in [-0.4, -0.2) is 16.8 Å². The minimum atomic E-state index is 0.260. The predicted molar refractivity (Wildman–Crippen MR) is 101 cm³/mol. The summed E-state index contributed by atoms with van der Waals surface area (Å²) in [6.45, 7) is 2.93. The standard InChI is InChI=1S/C21H28BrNO/c1-15(18-5-3-2-4-6-18)13-23-19(24)12-20-8-16-7-17(9-20)11-21(22,10-16)14-20/h2-6,15-17H,7-14H2,1H3,(H,23,24). The fourth-order valence-electron chi connectivity index (χ4n) is 6.11. The van der Waals surface area contributed by atoms with Gasteiger partial charge in [0, 0.05) is 17.3 Å². The maximum absolute atomic E-state index is 12.6. The van der Waals surface area contributed by atoms with Gasteiger partial charge in [0.15, 0.2) is 0 Å². The first-order chi connectivity index (χ1) is 11.5. The highest BCUT2D eigenvalue weighted by Crippen LogP contribution is 2.65. The quantitative estimate of drug-likeness (QED) is 0.702. The van der Waals surface area contributed by atoms with Crippen molar-refractivity contribution < 1.29 is 4.79 Å². The molecule has 3 unspecified atom stereocenters. The third-order valence-corrected chi connectivity index (χ3v) is 7.55. The Hall–Kier alpha value is -0.830. The molecule has 0 radical (unpaired) electrons. The third kappa shape index (κ3) is 3.29. The van der Waals surface area contributed by atoms with E-state index in [4.69, 9.17) is 0 Å². The van der Waals surface area contributed by atoms with Gasteiger partial charge in [0.2, 0.25) is 5.91 Å². The van der Waals surface area contributed by atoms with Crippen LogP contribution in [0.2, 0.25) is 0 Å². The Balaban J connectivity index is 1.35. The van der Waals surface area contributed by atoms with Gasteiger partial charge in [-0.1, -0.05) is 53.2 Å². The number of amides is 1. The molecule has 0 saturated heterocycles. The predicted octanol–water partition coefficient (Wildman–Crippen LogP) is 5.03. The van der Waals surface area contributed by atoms with Gasteiger partial charge in [-0.05, 0) is 67.3 Å². The summed E-state index contributed by atoms with van der Waals surface area (Å²) in [5.74, 6) is 2.33. The van der Waals surface area contributed by atoms with E-state index >= 15 is 0 Å². The molecule has 24 heavy (non-hydrogen) atoms. The first kappa shape index (κ1) is 16.6. The number of benzene rings is 1. The number of alkyl halides is 1. The molecular formula is C21H28BrNO. The molecular weight excluding hydrogens is 362 g/mol. The SMILES string of the molecule is CC(CNC(=O)CC12CC3CC(CC(Br)(C3)C1)C2)c1ccccc1. The molecule has 0 aromatic heterocycles. The zero-order valence-electron chi connectivity index (χ0n) is 14.6. The molecule has 1 N–H and O–H groups in total. The average Bonchev–Trinajstić information content (AvgIpc) is 2.50. The van der Waals surface area contributed by atoms with Crippen molar-refractivity contribution in [3.8, 4) is 0 Å². The largest absolute Gasteiger partial charge is 0.355 e. The summed E-state index contributed by atoms with van der Waals surface area (Å²) in [5, 5.41) is 3.21. The van der Waals surface area contributed by atoms with Gasteiger partial charge in [-0.15, -0.1) is 0 Å². The van der Waals surface area contributed by atoms with E-state index in [0.717, 1.165) is 24.8 Å². The molecule has 130 valence electrons. The molecule has 4 fully saturated rings. The van der Waals surface area contributed by atoms with E-state index in [1.54, 1.807) is 0 Å². The van der Waals surface area contributed by atoms with E-state index in [0.29, 0.717) is 10.2 Å². The van der Waals surface area contributed by atoms with Gasteiger partial charge in [0.25, 0.3) is 0 Å². The van der Waals surface area contributed by atoms with Crippen molar-refractivity contribution in [2.24, 2.45) is 17.3 Å². The fourth-order valence-corrected chi connectivity index (χ4v) is 7.62. The van der Waals surface area contributed by atoms with Crippen LogP contribution in [0.4, 0.5) is 0 Å². The highest BCUT2D eigenvalue weighted by atomic mass is 79.9. The van der Waals surface area contributed by atoms with Crippen LogP contribution in [-0.2, 0) is 4.79 Å². The average molecular weight is 390 g/mol. The third-order valence-electron chi connectivity index (χ3n) is 6.62. The van der Waals surface area contributed by atoms with E-state index < -0.39 is 0 Å². The van der Waals surface area contributed by atoms with Crippen molar-refractivity contribution in [2.45, 2.75) is 62.1 Å². The second kappa shape index (κ2) is 6.16. The van der Waals surface area contributed by atoms with Crippen molar-refractivity contribution >= 4 is 21.8 Å². The van der Waals surface area contributed by atoms with Crippen LogP contribution in [0.3, 0.4) is 0 Å². The Labute approximate surface area is 153 Å². The van der Waals surface area contributed by atoms with Crippen molar-refractivity contribution in [3.63, 3.8) is 0 Å². The summed E-state index contributed by atoms with van der Waals surface area (Å²) in [6, 6.07) is 10.5. The van der Waals surface area contributed by atoms with E-state index in [-0.39, 0.29) is 11.3 Å². The first-order valence-electron chi connectivity index (χ1n) is 9.46. The Morgan fingerprint density at radius 2 is 1.88 bits per heavy atom. The van der Waals surface area contributed by atoms with Crippen LogP contribution in [0, 0.1) is 17.3 Å². The summed E-state index contributed by atoms with van der Waals surface area (Å²) in [7, 11) is 0. The summed E-state index contributed by atoms with van der Waals surface area (Å²) < 4.78 is 0.342. The van der Waals surface area contributed by atoms with Crippen molar-refractivity contribution in [1.29, 1.82) is 0 Å². The Kier molecular flexibility index (Phi) is 4.27. The number of rotatable bonds is 5. The number of hydrogen-bond acceptors (Lipinski definition) is 1. The second-order valence-electron chi connectivity index (χ2n) is 8.90. The second-order valence-corrected chi connectivity index (χ2v) is 10.6. The van der Waals surface area contributed by atoms with Gasteiger partial charge in [-0.3, -0.25) is 4.79 Å². The molecule has 3 heteroatoms. The van der Waals surface area contributed by atoms with Crippen LogP contribution in [0.1, 0.15) is 63.4 Å². The minimum absolute atomic E-state index is 0.260. The molecule has 5 rings (SSSR count). The first-order valence-corrected chi connectivity index (χ1v) is 10.3. The Morgan fingerprint density at radius 3 is 2.50 bits per heavy atom. The molecule has 3 atom stereocenters. The van der Waals surface area contributed by atoms with Crippen LogP contribution >= 0.6 is 15.9 Å². The normalized spacial score (nSPS) is 38.1. The molecule has 1 aromatic rings. The molecule has 1 amide bonds. The number of carbonyl (C=O) groups is 1. The number of hydrogen-bond donors (Lipinski definition) is 1. The van der Waals surface area contributed by atoms with Crippen LogP contribution in [0.5, 0.6) is 0 Å². The van der Waals surface area contributed by atoms with Crippen molar-refractivity contribution in [3.05, 3.63) is 35.9 Å². The van der Waals surface area contributed by atoms with Gasteiger partial charge in [0.05, 0.1) is 0 Å². The zero-order valence-corrected chi connectivity index (χ0v) is 16.1. The molecule has 4 bridgehead atoms. The summed E-state index contributed by atoms with van der Waals surface area (Å²) in [4.78, 5) is 12.6. The molecule has 4 saturated carbocycles. The van der Waals surface area contributed by atoms with Crippen molar-refractivity contribution in [2.75, 3.05) is 6.54 Å². The van der Waals surface area contributed by atoms with E-state index in [1.165, 1.54) is 44.1 Å². The van der Waals surface area contributed by atoms with Gasteiger partial charge < -0.3 is 5.32 Å². The highest BCUT2D eigenvalue weighted by molar-refractivity contribution is 9.10. The monoisotopic (exact) mass is 389 g/mol. The Bertz CT molecular complexity index is 600. The smallest absolute Gasteiger partial charge is 0.220 e. The number of halogens is 1. The lowest BCUT2D eigenvalue weighted by atomic mass is 9.48. The number of carbonyl (C=O) groups excluding carboxylic acids is 1. The minimum Gasteiger partial charge on any atom is -0.355 e. The lowest BCUT2D eigenvalue weighted by Crippen LogP contribution is -2.54. The molecule has 1 aromatic carbocycles. The van der Waals surface area contributed by atoms with Gasteiger partial charge in [-0.2, -0.15) is 0 Å². The highest BCUT2D eigenvalue weighted by Gasteiger charge is 2.57. The molecule has 0 aliphatic heterocycles. The van der Waals surface area contributed by atoms with E-state index in [1.807, 2.05) is 6.07 Å². The summed E-state index contributed by atoms with van der Waals surface area (Å²) in [6.07, 6.45) is 8.55. The maximum Gasteiger partial charge on any atom is 0.220 e. The van der Waals surface area contributed by atoms with Gasteiger partial charge in [0.1, 0.15) is 0 Å². The summed E-state index contributed by atoms with van der Waals surface area (Å²) >= 11 is 4.04. The topological polar surface area (TPSA) is 29.1 Å². The Morgan fingerprint density at radius 1 is 1.21 bits per heavy atom. The number of nitrogens with one attached hydrogen (secondary N) is 1. The van der Waals surface area contributed by atoms with E-state index in [2.05, 4.69) is 52.4 Å². The van der Waals surface area contributed by atoms with E-state index in [9.17, 15) is 4.79 Å².